The van der Waals surface area contributed by atoms with Crippen LogP contribution in [0.15, 0.2) is 27.1 Å². The summed E-state index contributed by atoms with van der Waals surface area (Å²) < 4.78 is 7.52. The monoisotopic (exact) mass is 365 g/mol. The zero-order valence-corrected chi connectivity index (χ0v) is 13.2. The molecular formula is C11H13Br2NOS. The minimum absolute atomic E-state index is 0.507. The molecule has 0 aromatic heterocycles. The van der Waals surface area contributed by atoms with Crippen molar-refractivity contribution in [1.82, 2.24) is 4.90 Å². The fourth-order valence-electron chi connectivity index (χ4n) is 1.20. The third-order valence-electron chi connectivity index (χ3n) is 2.11. The van der Waals surface area contributed by atoms with Gasteiger partial charge < -0.3 is 9.64 Å². The molecule has 0 atom stereocenters. The second kappa shape index (κ2) is 6.57. The Hall–Kier alpha value is -0.130. The standard InChI is InChI=1S/C11H13Br2NOS/c1-3-14(4-2)11(16)15-10-6-5-8(12)7-9(10)13/h5-7H,3-4H2,1-2H3. The number of halogens is 2. The van der Waals surface area contributed by atoms with Gasteiger partial charge in [0.2, 0.25) is 0 Å². The van der Waals surface area contributed by atoms with Crippen LogP contribution >= 0.6 is 44.1 Å². The van der Waals surface area contributed by atoms with Gasteiger partial charge in [0.25, 0.3) is 5.17 Å². The molecule has 0 fully saturated rings. The number of hydrogen-bond donors (Lipinski definition) is 0. The molecule has 88 valence electrons. The Morgan fingerprint density at radius 1 is 1.31 bits per heavy atom. The fourth-order valence-corrected chi connectivity index (χ4v) is 2.67. The summed E-state index contributed by atoms with van der Waals surface area (Å²) in [5, 5.41) is 0.507. The highest BCUT2D eigenvalue weighted by Crippen LogP contribution is 2.28. The van der Waals surface area contributed by atoms with E-state index in [0.717, 1.165) is 27.8 Å². The Balaban J connectivity index is 2.76. The van der Waals surface area contributed by atoms with Gasteiger partial charge in [0.15, 0.2) is 0 Å². The zero-order valence-electron chi connectivity index (χ0n) is 9.17. The summed E-state index contributed by atoms with van der Waals surface area (Å²) in [7, 11) is 0. The topological polar surface area (TPSA) is 12.5 Å². The molecule has 1 aromatic rings. The number of ether oxygens (including phenoxy) is 1. The van der Waals surface area contributed by atoms with E-state index < -0.39 is 0 Å². The first-order valence-corrected chi connectivity index (χ1v) is 6.99. The van der Waals surface area contributed by atoms with Gasteiger partial charge in [-0.2, -0.15) is 0 Å². The maximum absolute atomic E-state index is 5.63. The van der Waals surface area contributed by atoms with Crippen LogP contribution in [0.5, 0.6) is 5.75 Å². The highest BCUT2D eigenvalue weighted by atomic mass is 79.9. The predicted molar refractivity (Wildman–Crippen MR) is 78.0 cm³/mol. The molecule has 0 aliphatic rings. The van der Waals surface area contributed by atoms with Gasteiger partial charge in [0.05, 0.1) is 4.47 Å². The van der Waals surface area contributed by atoms with Crippen molar-refractivity contribution in [1.29, 1.82) is 0 Å². The highest BCUT2D eigenvalue weighted by molar-refractivity contribution is 9.11. The molecule has 0 aliphatic carbocycles. The van der Waals surface area contributed by atoms with E-state index in [-0.39, 0.29) is 0 Å². The summed E-state index contributed by atoms with van der Waals surface area (Å²) in [4.78, 5) is 1.99. The van der Waals surface area contributed by atoms with Crippen LogP contribution in [0.3, 0.4) is 0 Å². The third-order valence-corrected chi connectivity index (χ3v) is 3.57. The quantitative estimate of drug-likeness (QED) is 0.743. The number of hydrogen-bond acceptors (Lipinski definition) is 2. The van der Waals surface area contributed by atoms with Crippen LogP contribution in [0.25, 0.3) is 0 Å². The molecule has 0 heterocycles. The van der Waals surface area contributed by atoms with Crippen molar-refractivity contribution in [2.24, 2.45) is 0 Å². The van der Waals surface area contributed by atoms with E-state index in [1.807, 2.05) is 23.1 Å². The van der Waals surface area contributed by atoms with Gasteiger partial charge in [-0.3, -0.25) is 0 Å². The second-order valence-electron chi connectivity index (χ2n) is 3.12. The largest absolute Gasteiger partial charge is 0.431 e. The fraction of sp³-hybridized carbons (Fsp3) is 0.364. The third kappa shape index (κ3) is 3.71. The molecule has 0 saturated heterocycles. The van der Waals surface area contributed by atoms with E-state index in [1.54, 1.807) is 0 Å². The number of rotatable bonds is 3. The summed E-state index contributed by atoms with van der Waals surface area (Å²) in [5.74, 6) is 0.736. The Bertz CT molecular complexity index is 380. The molecule has 0 unspecified atom stereocenters. The van der Waals surface area contributed by atoms with E-state index in [1.165, 1.54) is 0 Å². The predicted octanol–water partition coefficient (Wildman–Crippen LogP) is 4.22. The lowest BCUT2D eigenvalue weighted by Gasteiger charge is -2.21. The molecule has 5 heteroatoms. The first kappa shape index (κ1) is 13.9. The van der Waals surface area contributed by atoms with Crippen LogP contribution in [0.4, 0.5) is 0 Å². The lowest BCUT2D eigenvalue weighted by molar-refractivity contribution is 0.378. The van der Waals surface area contributed by atoms with Gasteiger partial charge in [-0.15, -0.1) is 0 Å². The van der Waals surface area contributed by atoms with Crippen LogP contribution in [0.2, 0.25) is 0 Å². The van der Waals surface area contributed by atoms with Crippen LogP contribution in [-0.4, -0.2) is 23.2 Å². The van der Waals surface area contributed by atoms with Crippen molar-refractivity contribution < 1.29 is 4.74 Å². The first-order valence-electron chi connectivity index (χ1n) is 5.00. The molecule has 0 aliphatic heterocycles. The molecule has 0 amide bonds. The minimum atomic E-state index is 0.507. The van der Waals surface area contributed by atoms with Crippen LogP contribution in [0, 0.1) is 0 Å². The average molecular weight is 367 g/mol. The van der Waals surface area contributed by atoms with Gasteiger partial charge in [-0.1, -0.05) is 15.9 Å². The van der Waals surface area contributed by atoms with Crippen LogP contribution in [-0.2, 0) is 0 Å². The Morgan fingerprint density at radius 3 is 2.44 bits per heavy atom. The molecule has 0 radical (unpaired) electrons. The van der Waals surface area contributed by atoms with Gasteiger partial charge >= 0.3 is 0 Å². The molecule has 2 nitrogen and oxygen atoms in total. The molecule has 1 aromatic carbocycles. The van der Waals surface area contributed by atoms with Crippen molar-refractivity contribution in [3.05, 3.63) is 27.1 Å². The molecular weight excluding hydrogens is 354 g/mol. The van der Waals surface area contributed by atoms with Crippen molar-refractivity contribution in [3.63, 3.8) is 0 Å². The zero-order chi connectivity index (χ0) is 12.1. The van der Waals surface area contributed by atoms with E-state index in [0.29, 0.717) is 5.17 Å². The first-order chi connectivity index (χ1) is 7.58. The molecule has 0 bridgehead atoms. The molecule has 0 spiro atoms. The summed E-state index contributed by atoms with van der Waals surface area (Å²) in [6.07, 6.45) is 0. The van der Waals surface area contributed by atoms with Crippen LogP contribution < -0.4 is 4.74 Å². The number of nitrogens with zero attached hydrogens (tertiary/aromatic N) is 1. The number of thiocarbonyl (C=S) groups is 1. The minimum Gasteiger partial charge on any atom is -0.431 e. The van der Waals surface area contributed by atoms with Gasteiger partial charge in [-0.05, 0) is 60.2 Å². The Kier molecular flexibility index (Phi) is 5.72. The number of benzene rings is 1. The van der Waals surface area contributed by atoms with Crippen molar-refractivity contribution >= 4 is 49.3 Å². The maximum Gasteiger partial charge on any atom is 0.264 e. The van der Waals surface area contributed by atoms with Gasteiger partial charge in [0.1, 0.15) is 5.75 Å². The van der Waals surface area contributed by atoms with E-state index >= 15 is 0 Å². The maximum atomic E-state index is 5.63. The Labute approximate surface area is 118 Å². The molecule has 0 N–H and O–H groups in total. The summed E-state index contributed by atoms with van der Waals surface area (Å²) >= 11 is 12.0. The summed E-state index contributed by atoms with van der Waals surface area (Å²) in [6, 6.07) is 5.73. The summed E-state index contributed by atoms with van der Waals surface area (Å²) in [6.45, 7) is 5.80. The van der Waals surface area contributed by atoms with E-state index in [2.05, 4.69) is 45.7 Å². The molecule has 0 saturated carbocycles. The Morgan fingerprint density at radius 2 is 1.94 bits per heavy atom. The summed E-state index contributed by atoms with van der Waals surface area (Å²) in [5.41, 5.74) is 0. The van der Waals surface area contributed by atoms with Crippen molar-refractivity contribution in [3.8, 4) is 5.75 Å². The van der Waals surface area contributed by atoms with E-state index in [9.17, 15) is 0 Å². The normalized spacial score (nSPS) is 10.0. The van der Waals surface area contributed by atoms with Gasteiger partial charge in [0, 0.05) is 17.6 Å². The lowest BCUT2D eigenvalue weighted by Crippen LogP contribution is -2.32. The SMILES string of the molecule is CCN(CC)C(=S)Oc1ccc(Br)cc1Br. The lowest BCUT2D eigenvalue weighted by atomic mass is 10.3. The van der Waals surface area contributed by atoms with E-state index in [4.69, 9.17) is 17.0 Å². The molecule has 1 rings (SSSR count). The molecule has 16 heavy (non-hydrogen) atoms. The second-order valence-corrected chi connectivity index (χ2v) is 5.23. The highest BCUT2D eigenvalue weighted by Gasteiger charge is 2.09. The van der Waals surface area contributed by atoms with Crippen LogP contribution in [0.1, 0.15) is 13.8 Å². The smallest absolute Gasteiger partial charge is 0.264 e. The van der Waals surface area contributed by atoms with Crippen molar-refractivity contribution in [2.75, 3.05) is 13.1 Å². The van der Waals surface area contributed by atoms with Gasteiger partial charge in [-0.25, -0.2) is 0 Å². The average Bonchev–Trinajstić information content (AvgIpc) is 2.24. The van der Waals surface area contributed by atoms with Crippen molar-refractivity contribution in [2.45, 2.75) is 13.8 Å².